The van der Waals surface area contributed by atoms with Gasteiger partial charge in [0.1, 0.15) is 6.54 Å². The zero-order valence-electron chi connectivity index (χ0n) is 15.5. The molecular weight excluding hydrogens is 364 g/mol. The number of carbonyl (C=O) groups excluding carboxylic acids is 1. The number of benzene rings is 1. The third-order valence-electron chi connectivity index (χ3n) is 4.48. The molecule has 3 rings (SSSR count). The van der Waals surface area contributed by atoms with E-state index >= 15 is 0 Å². The van der Waals surface area contributed by atoms with Gasteiger partial charge in [-0.1, -0.05) is 37.1 Å². The third-order valence-corrected chi connectivity index (χ3v) is 4.72. The summed E-state index contributed by atoms with van der Waals surface area (Å²) in [5.74, 6) is -0.179. The molecule has 0 radical (unpaired) electrons. The minimum absolute atomic E-state index is 0.0322. The second-order valence-electron chi connectivity index (χ2n) is 6.39. The molecule has 2 aromatic heterocycles. The van der Waals surface area contributed by atoms with E-state index in [1.165, 1.54) is 4.57 Å². The number of carbonyl (C=O) groups is 1. The molecule has 0 aliphatic carbocycles. The number of fused-ring (bicyclic) bond motifs is 1. The summed E-state index contributed by atoms with van der Waals surface area (Å²) >= 11 is 6.09. The van der Waals surface area contributed by atoms with Crippen LogP contribution in [0.3, 0.4) is 0 Å². The van der Waals surface area contributed by atoms with E-state index in [1.807, 2.05) is 37.3 Å². The van der Waals surface area contributed by atoms with Crippen molar-refractivity contribution in [2.24, 2.45) is 0 Å². The number of hydrogen-bond donors (Lipinski definition) is 1. The molecule has 3 aromatic rings. The van der Waals surface area contributed by atoms with Crippen LogP contribution in [0.2, 0.25) is 5.02 Å². The fourth-order valence-corrected chi connectivity index (χ4v) is 3.26. The second kappa shape index (κ2) is 8.39. The van der Waals surface area contributed by atoms with Gasteiger partial charge in [0.2, 0.25) is 5.91 Å². The first-order valence-electron chi connectivity index (χ1n) is 9.16. The first-order chi connectivity index (χ1) is 13.0. The van der Waals surface area contributed by atoms with Gasteiger partial charge in [-0.2, -0.15) is 0 Å². The average Bonchev–Trinajstić information content (AvgIpc) is 2.92. The van der Waals surface area contributed by atoms with Crippen molar-refractivity contribution in [1.82, 2.24) is 19.4 Å². The molecule has 27 heavy (non-hydrogen) atoms. The molecule has 142 valence electrons. The van der Waals surface area contributed by atoms with E-state index in [0.29, 0.717) is 29.3 Å². The van der Waals surface area contributed by atoms with E-state index in [9.17, 15) is 9.59 Å². The minimum Gasteiger partial charge on any atom is -0.355 e. The number of imidazole rings is 1. The second-order valence-corrected chi connectivity index (χ2v) is 6.83. The predicted molar refractivity (Wildman–Crippen MR) is 108 cm³/mol. The van der Waals surface area contributed by atoms with Crippen LogP contribution >= 0.6 is 11.6 Å². The Morgan fingerprint density at radius 3 is 2.70 bits per heavy atom. The molecular formula is C20H23ClN4O2. The maximum absolute atomic E-state index is 12.8. The number of nitrogens with one attached hydrogen (secondary N) is 1. The Kier molecular flexibility index (Phi) is 5.96. The molecule has 1 aromatic carbocycles. The fraction of sp³-hybridized carbons (Fsp3) is 0.350. The average molecular weight is 387 g/mol. The smallest absolute Gasteiger partial charge is 0.330 e. The molecule has 0 bridgehead atoms. The Morgan fingerprint density at radius 2 is 2.00 bits per heavy atom. The van der Waals surface area contributed by atoms with Gasteiger partial charge in [-0.3, -0.25) is 13.9 Å². The van der Waals surface area contributed by atoms with Crippen molar-refractivity contribution in [3.63, 3.8) is 0 Å². The maximum Gasteiger partial charge on any atom is 0.330 e. The van der Waals surface area contributed by atoms with Gasteiger partial charge in [0.05, 0.1) is 5.52 Å². The highest BCUT2D eigenvalue weighted by molar-refractivity contribution is 6.30. The predicted octanol–water partition coefficient (Wildman–Crippen LogP) is 3.45. The van der Waals surface area contributed by atoms with E-state index in [4.69, 9.17) is 11.6 Å². The number of amides is 1. The van der Waals surface area contributed by atoms with Crippen LogP contribution in [0.1, 0.15) is 26.7 Å². The van der Waals surface area contributed by atoms with Crippen LogP contribution in [0.4, 0.5) is 0 Å². The lowest BCUT2D eigenvalue weighted by molar-refractivity contribution is -0.121. The topological polar surface area (TPSA) is 68.9 Å². The molecule has 2 heterocycles. The molecule has 6 nitrogen and oxygen atoms in total. The van der Waals surface area contributed by atoms with E-state index in [0.717, 1.165) is 24.0 Å². The number of pyridine rings is 1. The molecule has 0 saturated heterocycles. The number of aromatic nitrogens is 3. The van der Waals surface area contributed by atoms with Crippen molar-refractivity contribution in [1.29, 1.82) is 0 Å². The van der Waals surface area contributed by atoms with E-state index in [2.05, 4.69) is 17.2 Å². The van der Waals surface area contributed by atoms with E-state index in [-0.39, 0.29) is 18.1 Å². The molecule has 0 unspecified atom stereocenters. The maximum atomic E-state index is 12.8. The highest BCUT2D eigenvalue weighted by Gasteiger charge is 2.16. The number of hydrogen-bond acceptors (Lipinski definition) is 3. The number of aryl methyl sites for hydroxylation is 1. The van der Waals surface area contributed by atoms with E-state index < -0.39 is 0 Å². The first-order valence-corrected chi connectivity index (χ1v) is 9.54. The highest BCUT2D eigenvalue weighted by atomic mass is 35.5. The summed E-state index contributed by atoms with van der Waals surface area (Å²) in [4.78, 5) is 29.4. The molecule has 0 spiro atoms. The van der Waals surface area contributed by atoms with Gasteiger partial charge in [-0.15, -0.1) is 0 Å². The number of nitrogens with zero attached hydrogens (tertiary/aromatic N) is 3. The van der Waals surface area contributed by atoms with Crippen LogP contribution in [-0.2, 0) is 17.9 Å². The largest absolute Gasteiger partial charge is 0.355 e. The molecule has 1 amide bonds. The van der Waals surface area contributed by atoms with Gasteiger partial charge in [0, 0.05) is 29.9 Å². The monoisotopic (exact) mass is 386 g/mol. The van der Waals surface area contributed by atoms with Crippen LogP contribution in [0.25, 0.3) is 22.3 Å². The van der Waals surface area contributed by atoms with Crippen LogP contribution in [0, 0.1) is 0 Å². The first kappa shape index (κ1) is 19.2. The number of rotatable bonds is 7. The summed E-state index contributed by atoms with van der Waals surface area (Å²) in [6, 6.07) is 9.41. The van der Waals surface area contributed by atoms with Gasteiger partial charge in [-0.25, -0.2) is 9.78 Å². The highest BCUT2D eigenvalue weighted by Crippen LogP contribution is 2.25. The molecule has 0 aliphatic heterocycles. The molecule has 1 N–H and O–H groups in total. The van der Waals surface area contributed by atoms with Crippen LogP contribution in [-0.4, -0.2) is 26.6 Å². The van der Waals surface area contributed by atoms with Crippen LogP contribution in [0.15, 0.2) is 41.3 Å². The molecule has 0 saturated carbocycles. The summed E-state index contributed by atoms with van der Waals surface area (Å²) in [6.45, 7) is 5.05. The van der Waals surface area contributed by atoms with Crippen LogP contribution in [0.5, 0.6) is 0 Å². The lowest BCUT2D eigenvalue weighted by Gasteiger charge is -2.06. The van der Waals surface area contributed by atoms with Crippen LogP contribution < -0.4 is 11.0 Å². The fourth-order valence-electron chi connectivity index (χ4n) is 3.07. The van der Waals surface area contributed by atoms with E-state index in [1.54, 1.807) is 10.8 Å². The molecule has 0 fully saturated rings. The van der Waals surface area contributed by atoms with Gasteiger partial charge in [-0.05, 0) is 37.1 Å². The van der Waals surface area contributed by atoms with Crippen molar-refractivity contribution in [3.05, 3.63) is 52.0 Å². The Morgan fingerprint density at radius 1 is 1.19 bits per heavy atom. The Labute approximate surface area is 162 Å². The number of unbranched alkanes of at least 4 members (excludes halogenated alkanes) is 1. The molecule has 7 heteroatoms. The Hall–Kier alpha value is -2.60. The summed E-state index contributed by atoms with van der Waals surface area (Å²) in [6.07, 6.45) is 3.63. The minimum atomic E-state index is -0.228. The molecule has 0 atom stereocenters. The summed E-state index contributed by atoms with van der Waals surface area (Å²) in [5, 5.41) is 3.48. The zero-order chi connectivity index (χ0) is 19.4. The zero-order valence-corrected chi connectivity index (χ0v) is 16.3. The van der Waals surface area contributed by atoms with Gasteiger partial charge in [0.15, 0.2) is 5.65 Å². The lowest BCUT2D eigenvalue weighted by Crippen LogP contribution is -2.33. The van der Waals surface area contributed by atoms with Gasteiger partial charge < -0.3 is 5.32 Å². The Balaban J connectivity index is 2.00. The van der Waals surface area contributed by atoms with Crippen molar-refractivity contribution in [2.75, 3.05) is 6.54 Å². The SMILES string of the molecule is CCCCNC(=O)Cn1c(=O)n(CC)c2cc(-c3cccc(Cl)c3)cnc21. The Bertz CT molecular complexity index is 1020. The third kappa shape index (κ3) is 4.06. The van der Waals surface area contributed by atoms with Gasteiger partial charge in [0.25, 0.3) is 0 Å². The van der Waals surface area contributed by atoms with Crippen molar-refractivity contribution < 1.29 is 4.79 Å². The van der Waals surface area contributed by atoms with Crippen molar-refractivity contribution in [3.8, 4) is 11.1 Å². The normalized spacial score (nSPS) is 11.1. The van der Waals surface area contributed by atoms with Crippen molar-refractivity contribution >= 4 is 28.7 Å². The number of halogens is 1. The quantitative estimate of drug-likeness (QED) is 0.632. The molecule has 0 aliphatic rings. The summed E-state index contributed by atoms with van der Waals surface area (Å²) < 4.78 is 3.07. The van der Waals surface area contributed by atoms with Gasteiger partial charge >= 0.3 is 5.69 Å². The summed E-state index contributed by atoms with van der Waals surface area (Å²) in [7, 11) is 0. The lowest BCUT2D eigenvalue weighted by atomic mass is 10.1. The standard InChI is InChI=1S/C20H23ClN4O2/c1-3-5-9-22-18(26)13-25-19-17(24(4-2)20(25)27)11-15(12-23-19)14-7-6-8-16(21)10-14/h6-8,10-12H,3-5,9,13H2,1-2H3,(H,22,26). The van der Waals surface area contributed by atoms with Crippen molar-refractivity contribution in [2.45, 2.75) is 39.8 Å². The summed E-state index contributed by atoms with van der Waals surface area (Å²) in [5.41, 5.74) is 2.79.